The molecule has 0 aliphatic rings. The van der Waals surface area contributed by atoms with Gasteiger partial charge in [-0.3, -0.25) is 0 Å². The molecule has 1 aromatic rings. The normalized spacial score (nSPS) is 12.7. The van der Waals surface area contributed by atoms with Gasteiger partial charge in [-0.1, -0.05) is 41.9 Å². The van der Waals surface area contributed by atoms with E-state index in [1.165, 1.54) is 0 Å². The highest BCUT2D eigenvalue weighted by molar-refractivity contribution is 9.09. The lowest BCUT2D eigenvalue weighted by Crippen LogP contribution is -2.38. The Balaban J connectivity index is 2.98. The molecule has 0 aliphatic carbocycles. The Labute approximate surface area is 131 Å². The van der Waals surface area contributed by atoms with Crippen molar-refractivity contribution >= 4 is 26.0 Å². The molecule has 0 unspecified atom stereocenters. The lowest BCUT2D eigenvalue weighted by Gasteiger charge is -2.29. The molecule has 0 heterocycles. The van der Waals surface area contributed by atoms with Gasteiger partial charge in [0, 0.05) is 11.9 Å². The summed E-state index contributed by atoms with van der Waals surface area (Å²) in [6.07, 6.45) is 1.87. The highest BCUT2D eigenvalue weighted by atomic mass is 79.9. The molecule has 0 radical (unpaired) electrons. The number of benzene rings is 1. The smallest absolute Gasteiger partial charge is 0.211 e. The van der Waals surface area contributed by atoms with Crippen molar-refractivity contribution in [3.63, 3.8) is 0 Å². The van der Waals surface area contributed by atoms with Crippen LogP contribution in [0, 0.1) is 19.3 Å². The Hall–Kier alpha value is -0.390. The number of rotatable bonds is 7. The van der Waals surface area contributed by atoms with Crippen molar-refractivity contribution < 1.29 is 8.42 Å². The average Bonchev–Trinajstić information content (AvgIpc) is 2.43. The van der Waals surface area contributed by atoms with Crippen molar-refractivity contribution in [1.82, 2.24) is 4.72 Å². The third-order valence-electron chi connectivity index (χ3n) is 4.05. The van der Waals surface area contributed by atoms with Gasteiger partial charge >= 0.3 is 0 Å². The van der Waals surface area contributed by atoms with Gasteiger partial charge in [0.05, 0.1) is 4.90 Å². The molecule has 1 aromatic carbocycles. The Morgan fingerprint density at radius 1 is 1.20 bits per heavy atom. The van der Waals surface area contributed by atoms with Crippen LogP contribution >= 0.6 is 15.9 Å². The van der Waals surface area contributed by atoms with E-state index in [4.69, 9.17) is 0 Å². The van der Waals surface area contributed by atoms with Crippen LogP contribution < -0.4 is 4.72 Å². The van der Waals surface area contributed by atoms with Crippen LogP contribution in [-0.2, 0) is 10.0 Å². The monoisotopic (exact) mass is 361 g/mol. The molecular formula is C15H24BrNO2S. The zero-order valence-corrected chi connectivity index (χ0v) is 15.1. The molecule has 0 atom stereocenters. The lowest BCUT2D eigenvalue weighted by molar-refractivity contribution is 0.309. The van der Waals surface area contributed by atoms with E-state index in [0.29, 0.717) is 11.4 Å². The van der Waals surface area contributed by atoms with Gasteiger partial charge in [-0.2, -0.15) is 0 Å². The fourth-order valence-electron chi connectivity index (χ4n) is 2.06. The molecule has 3 nitrogen and oxygen atoms in total. The van der Waals surface area contributed by atoms with E-state index < -0.39 is 10.0 Å². The molecule has 0 spiro atoms. The van der Waals surface area contributed by atoms with Crippen molar-refractivity contribution in [3.05, 3.63) is 29.3 Å². The van der Waals surface area contributed by atoms with E-state index in [2.05, 4.69) is 34.5 Å². The summed E-state index contributed by atoms with van der Waals surface area (Å²) in [6, 6.07) is 5.50. The summed E-state index contributed by atoms with van der Waals surface area (Å²) in [7, 11) is -3.45. The van der Waals surface area contributed by atoms with E-state index in [1.807, 2.05) is 26.0 Å². The van der Waals surface area contributed by atoms with Crippen molar-refractivity contribution in [1.29, 1.82) is 0 Å². The van der Waals surface area contributed by atoms with Crippen LogP contribution in [0.25, 0.3) is 0 Å². The van der Waals surface area contributed by atoms with Gasteiger partial charge in [-0.05, 0) is 49.3 Å². The maximum absolute atomic E-state index is 12.5. The van der Waals surface area contributed by atoms with E-state index >= 15 is 0 Å². The molecule has 0 aromatic heterocycles. The van der Waals surface area contributed by atoms with Crippen LogP contribution in [-0.4, -0.2) is 20.3 Å². The van der Waals surface area contributed by atoms with Gasteiger partial charge in [-0.15, -0.1) is 0 Å². The highest BCUT2D eigenvalue weighted by Crippen LogP contribution is 2.28. The minimum atomic E-state index is -3.45. The van der Waals surface area contributed by atoms with Crippen LogP contribution in [0.15, 0.2) is 23.1 Å². The summed E-state index contributed by atoms with van der Waals surface area (Å²) in [5, 5.41) is 0.794. The number of hydrogen-bond donors (Lipinski definition) is 1. The van der Waals surface area contributed by atoms with Gasteiger partial charge < -0.3 is 0 Å². The fourth-order valence-corrected chi connectivity index (χ4v) is 4.53. The lowest BCUT2D eigenvalue weighted by atomic mass is 9.85. The highest BCUT2D eigenvalue weighted by Gasteiger charge is 2.28. The van der Waals surface area contributed by atoms with Gasteiger partial charge in [0.2, 0.25) is 10.0 Å². The molecule has 20 heavy (non-hydrogen) atoms. The number of alkyl halides is 1. The minimum Gasteiger partial charge on any atom is -0.211 e. The Bertz CT molecular complexity index is 543. The van der Waals surface area contributed by atoms with Crippen molar-refractivity contribution in [2.75, 3.05) is 11.9 Å². The largest absolute Gasteiger partial charge is 0.240 e. The zero-order chi connectivity index (χ0) is 15.4. The molecule has 1 N–H and O–H groups in total. The average molecular weight is 362 g/mol. The maximum Gasteiger partial charge on any atom is 0.240 e. The van der Waals surface area contributed by atoms with Gasteiger partial charge in [0.25, 0.3) is 0 Å². The minimum absolute atomic E-state index is 0.0230. The molecule has 0 bridgehead atoms. The summed E-state index contributed by atoms with van der Waals surface area (Å²) in [4.78, 5) is 0.383. The molecule has 0 saturated heterocycles. The third kappa shape index (κ3) is 4.06. The Morgan fingerprint density at radius 3 is 2.30 bits per heavy atom. The summed E-state index contributed by atoms with van der Waals surface area (Å²) in [5.41, 5.74) is 1.71. The second-order valence-corrected chi connectivity index (χ2v) is 7.73. The predicted octanol–water partition coefficient (Wildman–Crippen LogP) is 3.78. The van der Waals surface area contributed by atoms with E-state index in [1.54, 1.807) is 6.07 Å². The first-order valence-corrected chi connectivity index (χ1v) is 9.53. The molecular weight excluding hydrogens is 338 g/mol. The Morgan fingerprint density at radius 2 is 1.80 bits per heavy atom. The first-order chi connectivity index (χ1) is 9.30. The van der Waals surface area contributed by atoms with E-state index in [9.17, 15) is 8.42 Å². The second kappa shape index (κ2) is 7.05. The van der Waals surface area contributed by atoms with E-state index in [-0.39, 0.29) is 5.41 Å². The van der Waals surface area contributed by atoms with Gasteiger partial charge in [0.15, 0.2) is 0 Å². The fraction of sp³-hybridized carbons (Fsp3) is 0.600. The molecule has 1 rings (SSSR count). The summed E-state index contributed by atoms with van der Waals surface area (Å²) in [6.45, 7) is 8.37. The summed E-state index contributed by atoms with van der Waals surface area (Å²) >= 11 is 3.51. The standard InChI is InChI=1S/C15H24BrNO2S/c1-5-15(6-2,10-16)11-17-20(18,19)14-9-12(3)7-8-13(14)4/h7-9,17H,5-6,10-11H2,1-4H3. The van der Waals surface area contributed by atoms with Crippen LogP contribution in [0.4, 0.5) is 0 Å². The van der Waals surface area contributed by atoms with Crippen LogP contribution in [0.2, 0.25) is 0 Å². The Kier molecular flexibility index (Phi) is 6.23. The molecule has 0 aliphatic heterocycles. The molecule has 114 valence electrons. The summed E-state index contributed by atoms with van der Waals surface area (Å²) < 4.78 is 27.7. The number of nitrogens with one attached hydrogen (secondary N) is 1. The molecule has 0 amide bonds. The molecule has 5 heteroatoms. The number of halogens is 1. The quantitative estimate of drug-likeness (QED) is 0.751. The van der Waals surface area contributed by atoms with Gasteiger partial charge in [-0.25, -0.2) is 13.1 Å². The number of hydrogen-bond acceptors (Lipinski definition) is 2. The maximum atomic E-state index is 12.5. The second-order valence-electron chi connectivity index (χ2n) is 5.43. The van der Waals surface area contributed by atoms with Gasteiger partial charge in [0.1, 0.15) is 0 Å². The van der Waals surface area contributed by atoms with Crippen molar-refractivity contribution in [2.45, 2.75) is 45.4 Å². The summed E-state index contributed by atoms with van der Waals surface area (Å²) in [5.74, 6) is 0. The van der Waals surface area contributed by atoms with E-state index in [0.717, 1.165) is 29.3 Å². The van der Waals surface area contributed by atoms with Crippen LogP contribution in [0.5, 0.6) is 0 Å². The molecule has 0 fully saturated rings. The topological polar surface area (TPSA) is 46.2 Å². The third-order valence-corrected chi connectivity index (χ3v) is 6.79. The first kappa shape index (κ1) is 17.7. The molecule has 0 saturated carbocycles. The zero-order valence-electron chi connectivity index (χ0n) is 12.7. The van der Waals surface area contributed by atoms with Crippen molar-refractivity contribution in [2.24, 2.45) is 5.41 Å². The predicted molar refractivity (Wildman–Crippen MR) is 87.9 cm³/mol. The SMILES string of the molecule is CCC(CC)(CBr)CNS(=O)(=O)c1cc(C)ccc1C. The van der Waals surface area contributed by atoms with Crippen LogP contribution in [0.1, 0.15) is 37.8 Å². The number of aryl methyl sites for hydroxylation is 2. The van der Waals surface area contributed by atoms with Crippen molar-refractivity contribution in [3.8, 4) is 0 Å². The first-order valence-electron chi connectivity index (χ1n) is 6.93. The number of sulfonamides is 1. The van der Waals surface area contributed by atoms with Crippen LogP contribution in [0.3, 0.4) is 0 Å².